The van der Waals surface area contributed by atoms with Crippen LogP contribution in [0.2, 0.25) is 0 Å². The first-order chi connectivity index (χ1) is 13.3. The molecule has 28 heavy (non-hydrogen) atoms. The fourth-order valence-electron chi connectivity index (χ4n) is 5.26. The molecule has 0 saturated carbocycles. The van der Waals surface area contributed by atoms with Crippen LogP contribution in [0, 0.1) is 11.3 Å². The Balaban J connectivity index is 3.41. The topological polar surface area (TPSA) is 60.7 Å². The second-order valence-electron chi connectivity index (χ2n) is 9.04. The summed E-state index contributed by atoms with van der Waals surface area (Å²) in [5, 5.41) is 31.6. The van der Waals surface area contributed by atoms with Gasteiger partial charge in [0.15, 0.2) is 0 Å². The highest BCUT2D eigenvalue weighted by atomic mass is 16.3. The first kappa shape index (κ1) is 25.1. The van der Waals surface area contributed by atoms with E-state index in [2.05, 4.69) is 46.8 Å². The van der Waals surface area contributed by atoms with Gasteiger partial charge >= 0.3 is 0 Å². The quantitative estimate of drug-likeness (QED) is 0.423. The molecule has 1 atom stereocenters. The molecule has 0 aliphatic carbocycles. The van der Waals surface area contributed by atoms with Crippen molar-refractivity contribution in [2.75, 3.05) is 46.0 Å². The molecule has 0 saturated heterocycles. The summed E-state index contributed by atoms with van der Waals surface area (Å²) in [6.07, 6.45) is 3.27. The summed E-state index contributed by atoms with van der Waals surface area (Å²) in [6.45, 7) is 14.5. The summed E-state index contributed by atoms with van der Waals surface area (Å²) < 4.78 is 0.946. The molecule has 0 fully saturated rings. The maximum Gasteiger partial charge on any atom is 0.0845 e. The summed E-state index contributed by atoms with van der Waals surface area (Å²) in [5.74, 6) is -0.192. The molecule has 0 aromatic heterocycles. The van der Waals surface area contributed by atoms with E-state index in [-0.39, 0.29) is 25.7 Å². The minimum atomic E-state index is -0.804. The molecule has 0 spiro atoms. The van der Waals surface area contributed by atoms with Crippen LogP contribution in [0.1, 0.15) is 59.4 Å². The zero-order valence-corrected chi connectivity index (χ0v) is 18.8. The van der Waals surface area contributed by atoms with E-state index in [1.165, 1.54) is 0 Å². The number of hydrogen-bond donors (Lipinski definition) is 3. The first-order valence-corrected chi connectivity index (χ1v) is 11.1. The van der Waals surface area contributed by atoms with Crippen LogP contribution in [0.5, 0.6) is 0 Å². The Kier molecular flexibility index (Phi) is 10.1. The van der Waals surface area contributed by atoms with Crippen LogP contribution >= 0.6 is 0 Å². The smallest absolute Gasteiger partial charge is 0.0845 e. The van der Waals surface area contributed by atoms with Crippen LogP contribution in [0.25, 0.3) is 0 Å². The van der Waals surface area contributed by atoms with Gasteiger partial charge in [0, 0.05) is 16.7 Å². The van der Waals surface area contributed by atoms with Crippen LogP contribution in [0.3, 0.4) is 0 Å². The van der Waals surface area contributed by atoms with Crippen molar-refractivity contribution in [3.8, 4) is 0 Å². The first-order valence-electron chi connectivity index (χ1n) is 11.1. The molecule has 1 aromatic rings. The second-order valence-corrected chi connectivity index (χ2v) is 9.04. The highest BCUT2D eigenvalue weighted by Crippen LogP contribution is 2.47. The molecule has 0 bridgehead atoms. The lowest BCUT2D eigenvalue weighted by atomic mass is 9.56. The van der Waals surface area contributed by atoms with Gasteiger partial charge in [-0.3, -0.25) is 0 Å². The van der Waals surface area contributed by atoms with E-state index in [0.717, 1.165) is 55.5 Å². The zero-order valence-electron chi connectivity index (χ0n) is 18.8. The molecule has 1 aromatic carbocycles. The van der Waals surface area contributed by atoms with Crippen molar-refractivity contribution in [1.82, 2.24) is 0 Å². The fourth-order valence-corrected chi connectivity index (χ4v) is 5.26. The molecular formula is C24H44NO3+. The molecule has 4 heteroatoms. The van der Waals surface area contributed by atoms with Gasteiger partial charge < -0.3 is 19.8 Å². The summed E-state index contributed by atoms with van der Waals surface area (Å²) in [7, 11) is 0. The van der Waals surface area contributed by atoms with Gasteiger partial charge in [0.25, 0.3) is 0 Å². The predicted molar refractivity (Wildman–Crippen MR) is 117 cm³/mol. The van der Waals surface area contributed by atoms with Crippen LogP contribution in [0.15, 0.2) is 30.3 Å². The minimum absolute atomic E-state index is 0.0332. The molecule has 162 valence electrons. The normalized spacial score (nSPS) is 14.3. The molecule has 0 aliphatic heterocycles. The summed E-state index contributed by atoms with van der Waals surface area (Å²) in [5.41, 5.74) is -0.205. The predicted octanol–water partition coefficient (Wildman–Crippen LogP) is 3.59. The third-order valence-electron chi connectivity index (χ3n) is 7.01. The number of quaternary nitrogens is 1. The Hall–Kier alpha value is -0.940. The van der Waals surface area contributed by atoms with Gasteiger partial charge in [-0.05, 0) is 24.8 Å². The molecule has 0 heterocycles. The summed E-state index contributed by atoms with van der Waals surface area (Å²) in [4.78, 5) is 0. The third-order valence-corrected chi connectivity index (χ3v) is 7.01. The number of aliphatic hydroxyl groups is 3. The van der Waals surface area contributed by atoms with Crippen LogP contribution in [-0.2, 0) is 5.41 Å². The molecule has 1 unspecified atom stereocenters. The average Bonchev–Trinajstić information content (AvgIpc) is 2.69. The van der Waals surface area contributed by atoms with Crippen LogP contribution in [-0.4, -0.2) is 65.8 Å². The third kappa shape index (κ3) is 5.15. The Morgan fingerprint density at radius 3 is 1.64 bits per heavy atom. The van der Waals surface area contributed by atoms with Crippen LogP contribution < -0.4 is 0 Å². The van der Waals surface area contributed by atoms with E-state index in [0.29, 0.717) is 0 Å². The van der Waals surface area contributed by atoms with Crippen LogP contribution in [0.4, 0.5) is 0 Å². The largest absolute Gasteiger partial charge is 0.396 e. The number of benzene rings is 1. The molecular weight excluding hydrogens is 350 g/mol. The van der Waals surface area contributed by atoms with Gasteiger partial charge in [-0.25, -0.2) is 0 Å². The SMILES string of the molecule is CCC[N+](CCC)(CCC)CC(CO)C(CO)(CO)C(C)(C)c1ccccc1. The maximum absolute atomic E-state index is 10.6. The summed E-state index contributed by atoms with van der Waals surface area (Å²) >= 11 is 0. The van der Waals surface area contributed by atoms with Gasteiger partial charge in [-0.2, -0.15) is 0 Å². The molecule has 0 aliphatic rings. The number of nitrogens with zero attached hydrogens (tertiary/aromatic N) is 1. The number of aliphatic hydroxyl groups excluding tert-OH is 3. The highest BCUT2D eigenvalue weighted by Gasteiger charge is 2.52. The van der Waals surface area contributed by atoms with Crippen molar-refractivity contribution in [3.63, 3.8) is 0 Å². The Bertz CT molecular complexity index is 523. The van der Waals surface area contributed by atoms with Crippen molar-refractivity contribution in [1.29, 1.82) is 0 Å². The molecule has 0 radical (unpaired) electrons. The van der Waals surface area contributed by atoms with Gasteiger partial charge in [-0.15, -0.1) is 0 Å². The molecule has 3 N–H and O–H groups in total. The number of hydrogen-bond acceptors (Lipinski definition) is 3. The lowest BCUT2D eigenvalue weighted by molar-refractivity contribution is -0.932. The van der Waals surface area contributed by atoms with Crippen molar-refractivity contribution in [2.24, 2.45) is 11.3 Å². The monoisotopic (exact) mass is 394 g/mol. The van der Waals surface area contributed by atoms with E-state index < -0.39 is 10.8 Å². The van der Waals surface area contributed by atoms with Gasteiger partial charge in [0.05, 0.1) is 46.0 Å². The molecule has 1 rings (SSSR count). The lowest BCUT2D eigenvalue weighted by Gasteiger charge is -2.52. The lowest BCUT2D eigenvalue weighted by Crippen LogP contribution is -2.61. The minimum Gasteiger partial charge on any atom is -0.396 e. The van der Waals surface area contributed by atoms with E-state index in [1.807, 2.05) is 18.2 Å². The Labute approximate surface area is 172 Å². The van der Waals surface area contributed by atoms with E-state index in [1.54, 1.807) is 0 Å². The van der Waals surface area contributed by atoms with Gasteiger partial charge in [-0.1, -0.05) is 65.0 Å². The standard InChI is InChI=1S/C24H44NO3/c1-6-14-25(15-7-2,16-8-3)17-22(18-26)24(19-27,20-28)23(4,5)21-12-10-9-11-13-21/h9-13,22,26-28H,6-8,14-20H2,1-5H3/q+1. The van der Waals surface area contributed by atoms with Crippen molar-refractivity contribution >= 4 is 0 Å². The van der Waals surface area contributed by atoms with E-state index in [9.17, 15) is 15.3 Å². The van der Waals surface area contributed by atoms with Gasteiger partial charge in [0.2, 0.25) is 0 Å². The van der Waals surface area contributed by atoms with Crippen molar-refractivity contribution in [2.45, 2.75) is 59.3 Å². The van der Waals surface area contributed by atoms with E-state index >= 15 is 0 Å². The Morgan fingerprint density at radius 2 is 1.29 bits per heavy atom. The van der Waals surface area contributed by atoms with Gasteiger partial charge in [0.1, 0.15) is 0 Å². The summed E-state index contributed by atoms with van der Waals surface area (Å²) in [6, 6.07) is 10.1. The molecule has 0 amide bonds. The number of rotatable bonds is 14. The van der Waals surface area contributed by atoms with Crippen molar-refractivity contribution in [3.05, 3.63) is 35.9 Å². The van der Waals surface area contributed by atoms with E-state index in [4.69, 9.17) is 0 Å². The average molecular weight is 395 g/mol. The maximum atomic E-state index is 10.6. The highest BCUT2D eigenvalue weighted by molar-refractivity contribution is 5.28. The zero-order chi connectivity index (χ0) is 21.3. The fraction of sp³-hybridized carbons (Fsp3) is 0.750. The molecule has 4 nitrogen and oxygen atoms in total. The van der Waals surface area contributed by atoms with Crippen molar-refractivity contribution < 1.29 is 19.8 Å². The second kappa shape index (κ2) is 11.3. The Morgan fingerprint density at radius 1 is 0.821 bits per heavy atom.